The Balaban J connectivity index is 1.42. The molecule has 2 heterocycles. The van der Waals surface area contributed by atoms with Crippen molar-refractivity contribution >= 4 is 29.2 Å². The van der Waals surface area contributed by atoms with E-state index < -0.39 is 0 Å². The van der Waals surface area contributed by atoms with E-state index in [0.29, 0.717) is 42.1 Å². The van der Waals surface area contributed by atoms with Crippen molar-refractivity contribution in [3.63, 3.8) is 0 Å². The topological polar surface area (TPSA) is 103 Å². The molecular weight excluding hydrogens is 394 g/mol. The number of benzene rings is 2. The van der Waals surface area contributed by atoms with E-state index in [1.165, 1.54) is 0 Å². The highest BCUT2D eigenvalue weighted by Crippen LogP contribution is 2.19. The summed E-state index contributed by atoms with van der Waals surface area (Å²) < 4.78 is 0. The third kappa shape index (κ3) is 4.87. The van der Waals surface area contributed by atoms with Crippen LogP contribution in [0.5, 0.6) is 0 Å². The molecule has 0 atom stereocenters. The number of rotatable bonds is 6. The number of carbonyl (C=O) groups excluding carboxylic acids is 3. The summed E-state index contributed by atoms with van der Waals surface area (Å²) in [5, 5.41) is 8.36. The predicted octanol–water partition coefficient (Wildman–Crippen LogP) is 2.79. The van der Waals surface area contributed by atoms with Crippen molar-refractivity contribution in [1.82, 2.24) is 15.6 Å². The molecule has 0 bridgehead atoms. The van der Waals surface area contributed by atoms with E-state index in [1.54, 1.807) is 59.6 Å². The van der Waals surface area contributed by atoms with Crippen LogP contribution in [0.4, 0.5) is 16.2 Å². The van der Waals surface area contributed by atoms with Gasteiger partial charge < -0.3 is 16.0 Å². The molecular formula is C23H21N5O3. The first-order chi connectivity index (χ1) is 15.1. The molecule has 1 aliphatic rings. The Labute approximate surface area is 179 Å². The number of hydrogen-bond acceptors (Lipinski definition) is 4. The number of carbonyl (C=O) groups is 3. The Morgan fingerprint density at radius 3 is 2.52 bits per heavy atom. The molecule has 3 N–H and O–H groups in total. The molecule has 1 aliphatic heterocycles. The van der Waals surface area contributed by atoms with Gasteiger partial charge in [0.05, 0.1) is 12.2 Å². The minimum atomic E-state index is -0.326. The van der Waals surface area contributed by atoms with Crippen molar-refractivity contribution in [2.75, 3.05) is 23.3 Å². The van der Waals surface area contributed by atoms with Gasteiger partial charge in [-0.25, -0.2) is 4.79 Å². The maximum absolute atomic E-state index is 12.7. The van der Waals surface area contributed by atoms with Gasteiger partial charge in [-0.3, -0.25) is 19.5 Å². The molecule has 0 saturated carbocycles. The van der Waals surface area contributed by atoms with Gasteiger partial charge in [0, 0.05) is 41.8 Å². The number of amides is 4. The van der Waals surface area contributed by atoms with E-state index in [2.05, 4.69) is 20.9 Å². The lowest BCUT2D eigenvalue weighted by Gasteiger charge is -2.15. The largest absolute Gasteiger partial charge is 0.346 e. The molecule has 4 amide bonds. The molecule has 3 aromatic rings. The Morgan fingerprint density at radius 2 is 1.77 bits per heavy atom. The van der Waals surface area contributed by atoms with Crippen molar-refractivity contribution in [2.45, 2.75) is 6.54 Å². The van der Waals surface area contributed by atoms with Gasteiger partial charge in [0.2, 0.25) is 0 Å². The van der Waals surface area contributed by atoms with Crippen molar-refractivity contribution in [2.24, 2.45) is 0 Å². The van der Waals surface area contributed by atoms with Gasteiger partial charge >= 0.3 is 6.03 Å². The minimum Gasteiger partial charge on any atom is -0.346 e. The fourth-order valence-corrected chi connectivity index (χ4v) is 3.25. The number of nitrogens with zero attached hydrogens (tertiary/aromatic N) is 2. The van der Waals surface area contributed by atoms with E-state index >= 15 is 0 Å². The molecule has 8 heteroatoms. The molecule has 0 radical (unpaired) electrons. The van der Waals surface area contributed by atoms with Crippen LogP contribution in [0.25, 0.3) is 0 Å². The molecule has 2 aromatic carbocycles. The molecule has 0 unspecified atom stereocenters. The third-order valence-corrected chi connectivity index (χ3v) is 4.82. The van der Waals surface area contributed by atoms with Crippen molar-refractivity contribution in [3.8, 4) is 0 Å². The zero-order valence-corrected chi connectivity index (χ0v) is 16.7. The zero-order valence-electron chi connectivity index (χ0n) is 16.7. The van der Waals surface area contributed by atoms with E-state index in [0.717, 1.165) is 5.69 Å². The van der Waals surface area contributed by atoms with Crippen molar-refractivity contribution in [1.29, 1.82) is 0 Å². The Morgan fingerprint density at radius 1 is 0.968 bits per heavy atom. The molecule has 1 fully saturated rings. The Bertz CT molecular complexity index is 1120. The lowest BCUT2D eigenvalue weighted by Crippen LogP contribution is -2.27. The predicted molar refractivity (Wildman–Crippen MR) is 117 cm³/mol. The Kier molecular flexibility index (Phi) is 5.89. The molecule has 4 rings (SSSR count). The quantitative estimate of drug-likeness (QED) is 0.576. The summed E-state index contributed by atoms with van der Waals surface area (Å²) in [6.07, 6.45) is 1.67. The summed E-state index contributed by atoms with van der Waals surface area (Å²) in [6, 6.07) is 18.9. The number of hydrogen-bond donors (Lipinski definition) is 3. The fraction of sp³-hybridized carbons (Fsp3) is 0.130. The standard InChI is InChI=1S/C23H21N5O3/c29-21(26-15-19-7-1-2-10-24-19)16-5-3-8-18(13-16)27-22(30)17-6-4-9-20(14-17)28-12-11-25-23(28)31/h1-10,13-14H,11-12,15H2,(H,25,31)(H,26,29)(H,27,30). The Hall–Kier alpha value is -4.20. The van der Waals surface area contributed by atoms with Gasteiger partial charge in [0.1, 0.15) is 0 Å². The van der Waals surface area contributed by atoms with Gasteiger partial charge in [-0.15, -0.1) is 0 Å². The normalized spacial score (nSPS) is 12.9. The first kappa shape index (κ1) is 20.1. The second-order valence-electron chi connectivity index (χ2n) is 6.97. The summed E-state index contributed by atoms with van der Waals surface area (Å²) in [6.45, 7) is 1.44. The lowest BCUT2D eigenvalue weighted by molar-refractivity contribution is 0.0949. The summed E-state index contributed by atoms with van der Waals surface area (Å²) in [5.41, 5.74) is 2.76. The van der Waals surface area contributed by atoms with Gasteiger partial charge in [-0.2, -0.15) is 0 Å². The highest BCUT2D eigenvalue weighted by molar-refractivity contribution is 6.06. The molecule has 0 spiro atoms. The van der Waals surface area contributed by atoms with Gasteiger partial charge in [0.25, 0.3) is 11.8 Å². The maximum Gasteiger partial charge on any atom is 0.321 e. The SMILES string of the molecule is O=C(NCc1ccccn1)c1cccc(NC(=O)c2cccc(N3CCNC3=O)c2)c1. The van der Waals surface area contributed by atoms with E-state index in [9.17, 15) is 14.4 Å². The summed E-state index contributed by atoms with van der Waals surface area (Å²) in [7, 11) is 0. The summed E-state index contributed by atoms with van der Waals surface area (Å²) >= 11 is 0. The van der Waals surface area contributed by atoms with Gasteiger partial charge in [0.15, 0.2) is 0 Å². The van der Waals surface area contributed by atoms with Crippen LogP contribution in [0.2, 0.25) is 0 Å². The second kappa shape index (κ2) is 9.08. The van der Waals surface area contributed by atoms with Crippen LogP contribution in [0.15, 0.2) is 72.9 Å². The van der Waals surface area contributed by atoms with Crippen molar-refractivity contribution < 1.29 is 14.4 Å². The van der Waals surface area contributed by atoms with Gasteiger partial charge in [-0.05, 0) is 48.5 Å². The molecule has 1 aromatic heterocycles. The number of pyridine rings is 1. The average molecular weight is 415 g/mol. The molecule has 156 valence electrons. The number of anilines is 2. The highest BCUT2D eigenvalue weighted by atomic mass is 16.2. The fourth-order valence-electron chi connectivity index (χ4n) is 3.25. The minimum absolute atomic E-state index is 0.179. The summed E-state index contributed by atoms with van der Waals surface area (Å²) in [5.74, 6) is -0.587. The van der Waals surface area contributed by atoms with E-state index in [1.807, 2.05) is 18.2 Å². The number of aromatic nitrogens is 1. The van der Waals surface area contributed by atoms with Crippen LogP contribution >= 0.6 is 0 Å². The third-order valence-electron chi connectivity index (χ3n) is 4.82. The lowest BCUT2D eigenvalue weighted by atomic mass is 10.1. The average Bonchev–Trinajstić information content (AvgIpc) is 3.24. The van der Waals surface area contributed by atoms with Crippen LogP contribution in [0.3, 0.4) is 0 Å². The molecule has 1 saturated heterocycles. The van der Waals surface area contributed by atoms with Crippen molar-refractivity contribution in [3.05, 3.63) is 89.7 Å². The number of urea groups is 1. The summed E-state index contributed by atoms with van der Waals surface area (Å²) in [4.78, 5) is 42.8. The smallest absolute Gasteiger partial charge is 0.321 e. The second-order valence-corrected chi connectivity index (χ2v) is 6.97. The van der Waals surface area contributed by atoms with Crippen LogP contribution in [-0.2, 0) is 6.54 Å². The molecule has 0 aliphatic carbocycles. The monoisotopic (exact) mass is 415 g/mol. The zero-order chi connectivity index (χ0) is 21.6. The first-order valence-corrected chi connectivity index (χ1v) is 9.85. The van der Waals surface area contributed by atoms with Crippen LogP contribution < -0.4 is 20.9 Å². The number of nitrogens with one attached hydrogen (secondary N) is 3. The van der Waals surface area contributed by atoms with E-state index in [4.69, 9.17) is 0 Å². The maximum atomic E-state index is 12.7. The molecule has 31 heavy (non-hydrogen) atoms. The van der Waals surface area contributed by atoms with Crippen LogP contribution in [-0.4, -0.2) is 35.9 Å². The van der Waals surface area contributed by atoms with E-state index in [-0.39, 0.29) is 17.8 Å². The van der Waals surface area contributed by atoms with Crippen LogP contribution in [0.1, 0.15) is 26.4 Å². The highest BCUT2D eigenvalue weighted by Gasteiger charge is 2.21. The van der Waals surface area contributed by atoms with Gasteiger partial charge in [-0.1, -0.05) is 18.2 Å². The first-order valence-electron chi connectivity index (χ1n) is 9.85. The molecule has 8 nitrogen and oxygen atoms in total. The van der Waals surface area contributed by atoms with Crippen LogP contribution in [0, 0.1) is 0 Å².